The first-order valence-electron chi connectivity index (χ1n) is 12.5. The molecule has 1 aliphatic carbocycles. The second kappa shape index (κ2) is 10.2. The number of hydrogen-bond donors (Lipinski definition) is 4. The van der Waals surface area contributed by atoms with Gasteiger partial charge in [0, 0.05) is 55.5 Å². The van der Waals surface area contributed by atoms with Gasteiger partial charge in [0.2, 0.25) is 5.91 Å². The number of piperidine rings is 1. The Hall–Kier alpha value is -2.53. The van der Waals surface area contributed by atoms with E-state index in [1.165, 1.54) is 0 Å². The van der Waals surface area contributed by atoms with Crippen molar-refractivity contribution in [2.75, 3.05) is 25.5 Å². The van der Waals surface area contributed by atoms with Gasteiger partial charge in [0.15, 0.2) is 0 Å². The maximum Gasteiger partial charge on any atom is 0.243 e. The number of nitrogens with one attached hydrogen (secondary N) is 3. The van der Waals surface area contributed by atoms with Crippen LogP contribution in [-0.2, 0) is 18.4 Å². The number of amides is 1. The summed E-state index contributed by atoms with van der Waals surface area (Å²) in [7, 11) is 3.89. The number of halogens is 1. The van der Waals surface area contributed by atoms with Crippen molar-refractivity contribution < 1.29 is 19.0 Å². The molecule has 4 N–H and O–H groups in total. The highest BCUT2D eigenvalue weighted by Crippen LogP contribution is 2.42. The number of aliphatic hydroxyl groups excluding tert-OH is 1. The standard InChI is InChI=1S/C25H35FN6O3/c1-31-9-7-17(8-10-31)35-16-5-3-15(4-6-16)27-25(34)24-19-11-18(21(26)12-22(19)28-29-24)20-13-32(2)30-23(20)14-33/h3-6,13,17-19,21-22,24,28-29,33H,7-12,14H2,1-2H3,(H,27,34). The van der Waals surface area contributed by atoms with Gasteiger partial charge in [-0.2, -0.15) is 5.10 Å². The summed E-state index contributed by atoms with van der Waals surface area (Å²) in [6.07, 6.45) is 3.75. The highest BCUT2D eigenvalue weighted by molar-refractivity contribution is 5.95. The van der Waals surface area contributed by atoms with Crippen molar-refractivity contribution in [1.29, 1.82) is 0 Å². The van der Waals surface area contributed by atoms with Crippen LogP contribution in [0.1, 0.15) is 42.9 Å². The second-order valence-corrected chi connectivity index (χ2v) is 10.1. The van der Waals surface area contributed by atoms with Crippen molar-refractivity contribution in [2.45, 2.75) is 62.6 Å². The molecule has 35 heavy (non-hydrogen) atoms. The molecule has 1 aromatic heterocycles. The average Bonchev–Trinajstić information content (AvgIpc) is 3.43. The fourth-order valence-corrected chi connectivity index (χ4v) is 5.72. The SMILES string of the molecule is CN1CCC(Oc2ccc(NC(=O)C3NNC4CC(F)C(c5cn(C)nc5CO)CC43)cc2)CC1. The minimum absolute atomic E-state index is 0.0780. The molecule has 1 amide bonds. The van der Waals surface area contributed by atoms with Gasteiger partial charge >= 0.3 is 0 Å². The molecule has 0 radical (unpaired) electrons. The Balaban J connectivity index is 1.21. The summed E-state index contributed by atoms with van der Waals surface area (Å²) in [6.45, 7) is 1.84. The van der Waals surface area contributed by atoms with Crippen molar-refractivity contribution in [3.8, 4) is 5.75 Å². The Morgan fingerprint density at radius 2 is 1.94 bits per heavy atom. The smallest absolute Gasteiger partial charge is 0.243 e. The molecule has 2 aromatic rings. The Kier molecular flexibility index (Phi) is 7.06. The molecule has 1 aromatic carbocycles. The number of hydrogen-bond acceptors (Lipinski definition) is 7. The van der Waals surface area contributed by atoms with Crippen molar-refractivity contribution in [3.63, 3.8) is 0 Å². The summed E-state index contributed by atoms with van der Waals surface area (Å²) >= 11 is 0. The normalized spacial score (nSPS) is 29.7. The van der Waals surface area contributed by atoms with Crippen molar-refractivity contribution >= 4 is 11.6 Å². The molecule has 190 valence electrons. The van der Waals surface area contributed by atoms with Gasteiger partial charge in [-0.1, -0.05) is 0 Å². The monoisotopic (exact) mass is 486 g/mol. The third-order valence-electron chi connectivity index (χ3n) is 7.67. The Bertz CT molecular complexity index is 1020. The molecule has 3 aliphatic rings. The van der Waals surface area contributed by atoms with Crippen LogP contribution in [0.25, 0.3) is 0 Å². The van der Waals surface area contributed by atoms with Crippen LogP contribution >= 0.6 is 0 Å². The molecule has 10 heteroatoms. The zero-order valence-corrected chi connectivity index (χ0v) is 20.3. The Morgan fingerprint density at radius 1 is 1.20 bits per heavy atom. The van der Waals surface area contributed by atoms with Gasteiger partial charge in [0.1, 0.15) is 24.1 Å². The predicted molar refractivity (Wildman–Crippen MR) is 130 cm³/mol. The molecule has 5 atom stereocenters. The fourth-order valence-electron chi connectivity index (χ4n) is 5.72. The van der Waals surface area contributed by atoms with E-state index < -0.39 is 18.1 Å². The zero-order chi connectivity index (χ0) is 24.5. The largest absolute Gasteiger partial charge is 0.490 e. The number of nitrogens with zero attached hydrogens (tertiary/aromatic N) is 3. The summed E-state index contributed by atoms with van der Waals surface area (Å²) < 4.78 is 22.8. The summed E-state index contributed by atoms with van der Waals surface area (Å²) in [5, 5.41) is 16.9. The number of hydrazine groups is 1. The van der Waals surface area contributed by atoms with E-state index in [0.717, 1.165) is 37.2 Å². The first-order valence-corrected chi connectivity index (χ1v) is 12.5. The number of aryl methyl sites for hydroxylation is 1. The molecular weight excluding hydrogens is 451 g/mol. The third-order valence-corrected chi connectivity index (χ3v) is 7.67. The Morgan fingerprint density at radius 3 is 2.66 bits per heavy atom. The van der Waals surface area contributed by atoms with E-state index in [0.29, 0.717) is 24.2 Å². The summed E-state index contributed by atoms with van der Waals surface area (Å²) in [5.74, 6) is 0.169. The van der Waals surface area contributed by atoms with Gasteiger partial charge in [-0.15, -0.1) is 0 Å². The van der Waals surface area contributed by atoms with Crippen LogP contribution < -0.4 is 20.9 Å². The van der Waals surface area contributed by atoms with E-state index in [4.69, 9.17) is 4.74 Å². The lowest BCUT2D eigenvalue weighted by Crippen LogP contribution is -2.43. The van der Waals surface area contributed by atoms with Crippen molar-refractivity contribution in [3.05, 3.63) is 41.7 Å². The second-order valence-electron chi connectivity index (χ2n) is 10.1. The highest BCUT2D eigenvalue weighted by Gasteiger charge is 2.48. The van der Waals surface area contributed by atoms with Crippen molar-refractivity contribution in [1.82, 2.24) is 25.5 Å². The average molecular weight is 487 g/mol. The van der Waals surface area contributed by atoms with Crippen LogP contribution in [0, 0.1) is 5.92 Å². The number of carbonyl (C=O) groups excluding carboxylic acids is 1. The van der Waals surface area contributed by atoms with Gasteiger partial charge in [0.25, 0.3) is 0 Å². The van der Waals surface area contributed by atoms with E-state index in [2.05, 4.69) is 33.2 Å². The van der Waals surface area contributed by atoms with E-state index in [1.54, 1.807) is 17.9 Å². The lowest BCUT2D eigenvalue weighted by molar-refractivity contribution is -0.119. The molecule has 1 saturated carbocycles. The lowest BCUT2D eigenvalue weighted by atomic mass is 9.72. The molecule has 0 bridgehead atoms. The Labute approximate surface area is 205 Å². The van der Waals surface area contributed by atoms with Gasteiger partial charge in [-0.3, -0.25) is 14.9 Å². The zero-order valence-electron chi connectivity index (χ0n) is 20.3. The number of fused-ring (bicyclic) bond motifs is 1. The fraction of sp³-hybridized carbons (Fsp3) is 0.600. The van der Waals surface area contributed by atoms with Crippen LogP contribution in [0.4, 0.5) is 10.1 Å². The predicted octanol–water partition coefficient (Wildman–Crippen LogP) is 1.70. The molecule has 2 saturated heterocycles. The maximum atomic E-state index is 15.1. The molecule has 0 spiro atoms. The number of rotatable bonds is 6. The number of carbonyl (C=O) groups is 1. The molecular formula is C25H35FN6O3. The van der Waals surface area contributed by atoms with Crippen LogP contribution in [-0.4, -0.2) is 70.2 Å². The maximum absolute atomic E-state index is 15.1. The minimum Gasteiger partial charge on any atom is -0.490 e. The van der Waals surface area contributed by atoms with Gasteiger partial charge in [-0.05, 0) is 57.0 Å². The summed E-state index contributed by atoms with van der Waals surface area (Å²) in [5.41, 5.74) is 8.14. The van der Waals surface area contributed by atoms with Gasteiger partial charge < -0.3 is 20.1 Å². The molecule has 9 nitrogen and oxygen atoms in total. The van der Waals surface area contributed by atoms with Gasteiger partial charge in [0.05, 0.1) is 12.3 Å². The summed E-state index contributed by atoms with van der Waals surface area (Å²) in [4.78, 5) is 15.5. The first-order chi connectivity index (χ1) is 16.9. The first kappa shape index (κ1) is 24.2. The van der Waals surface area contributed by atoms with Crippen LogP contribution in [0.15, 0.2) is 30.5 Å². The number of ether oxygens (including phenoxy) is 1. The topological polar surface area (TPSA) is 104 Å². The minimum atomic E-state index is -1.07. The number of likely N-dealkylation sites (tertiary alicyclic amines) is 1. The molecule has 2 aliphatic heterocycles. The molecule has 3 heterocycles. The highest BCUT2D eigenvalue weighted by atomic mass is 19.1. The van der Waals surface area contributed by atoms with Crippen LogP contribution in [0.5, 0.6) is 5.75 Å². The van der Waals surface area contributed by atoms with Gasteiger partial charge in [-0.25, -0.2) is 9.82 Å². The van der Waals surface area contributed by atoms with E-state index in [-0.39, 0.29) is 30.6 Å². The molecule has 5 rings (SSSR count). The number of benzene rings is 1. The number of aliphatic hydroxyl groups is 1. The molecule has 5 unspecified atom stereocenters. The van der Waals surface area contributed by atoms with Crippen LogP contribution in [0.3, 0.4) is 0 Å². The van der Waals surface area contributed by atoms with E-state index in [1.807, 2.05) is 24.3 Å². The lowest BCUT2D eigenvalue weighted by Gasteiger charge is -2.35. The summed E-state index contributed by atoms with van der Waals surface area (Å²) in [6, 6.07) is 6.87. The third kappa shape index (κ3) is 5.20. The quantitative estimate of drug-likeness (QED) is 0.493. The van der Waals surface area contributed by atoms with E-state index >= 15 is 4.39 Å². The van der Waals surface area contributed by atoms with Crippen LogP contribution in [0.2, 0.25) is 0 Å². The number of aromatic nitrogens is 2. The van der Waals surface area contributed by atoms with Crippen molar-refractivity contribution in [2.24, 2.45) is 13.0 Å². The number of alkyl halides is 1. The molecule has 3 fully saturated rings. The number of anilines is 1. The van der Waals surface area contributed by atoms with E-state index in [9.17, 15) is 9.90 Å².